The van der Waals surface area contributed by atoms with Crippen LogP contribution >= 0.6 is 0 Å². The molecule has 0 aliphatic carbocycles. The summed E-state index contributed by atoms with van der Waals surface area (Å²) in [7, 11) is 0. The molecule has 0 amide bonds. The average Bonchev–Trinajstić information content (AvgIpc) is 2.02. The summed E-state index contributed by atoms with van der Waals surface area (Å²) in [5.41, 5.74) is 0. The standard InChI is InChI=1S/C10H18O2.Na/c1-2-3-4-5-6-7-8-9-10(11)12;/h4-5H,2-3,6-9H2,1H3,(H,11,12);/q;+1/p-1. The molecule has 0 spiro atoms. The third-order valence-corrected chi connectivity index (χ3v) is 1.62. The van der Waals surface area contributed by atoms with Crippen molar-refractivity contribution in [2.45, 2.75) is 45.4 Å². The van der Waals surface area contributed by atoms with E-state index in [-0.39, 0.29) is 36.0 Å². The van der Waals surface area contributed by atoms with Crippen molar-refractivity contribution in [2.24, 2.45) is 0 Å². The number of rotatable bonds is 7. The molecule has 3 heteroatoms. The zero-order chi connectivity index (χ0) is 9.23. The van der Waals surface area contributed by atoms with Gasteiger partial charge in [0, 0.05) is 5.97 Å². The molecule has 0 aromatic carbocycles. The predicted octanol–water partition coefficient (Wildman–Crippen LogP) is -1.34. The molecule has 0 aliphatic rings. The summed E-state index contributed by atoms with van der Waals surface area (Å²) in [4.78, 5) is 10.0. The van der Waals surface area contributed by atoms with Gasteiger partial charge in [-0.05, 0) is 32.1 Å². The monoisotopic (exact) mass is 192 g/mol. The van der Waals surface area contributed by atoms with Gasteiger partial charge in [-0.25, -0.2) is 0 Å². The zero-order valence-electron chi connectivity index (χ0n) is 8.71. The van der Waals surface area contributed by atoms with E-state index in [9.17, 15) is 9.90 Å². The van der Waals surface area contributed by atoms with Crippen LogP contribution in [0.15, 0.2) is 12.2 Å². The van der Waals surface area contributed by atoms with Crippen LogP contribution in [0.2, 0.25) is 0 Å². The molecule has 70 valence electrons. The predicted molar refractivity (Wildman–Crippen MR) is 47.5 cm³/mol. The molecule has 0 saturated carbocycles. The summed E-state index contributed by atoms with van der Waals surface area (Å²) >= 11 is 0. The Balaban J connectivity index is 0. The molecular weight excluding hydrogens is 175 g/mol. The van der Waals surface area contributed by atoms with Gasteiger partial charge in [0.2, 0.25) is 0 Å². The van der Waals surface area contributed by atoms with Crippen LogP contribution in [0.25, 0.3) is 0 Å². The second-order valence-electron chi connectivity index (χ2n) is 2.88. The molecule has 0 heterocycles. The molecule has 0 aliphatic heterocycles. The van der Waals surface area contributed by atoms with E-state index in [4.69, 9.17) is 0 Å². The maximum absolute atomic E-state index is 10.0. The molecular formula is C10H17NaO2. The number of carboxylic acids is 1. The molecule has 2 nitrogen and oxygen atoms in total. The molecule has 13 heavy (non-hydrogen) atoms. The fourth-order valence-electron chi connectivity index (χ4n) is 0.934. The summed E-state index contributed by atoms with van der Waals surface area (Å²) in [6, 6.07) is 0. The largest absolute Gasteiger partial charge is 1.00 e. The van der Waals surface area contributed by atoms with Crippen LogP contribution in [0.3, 0.4) is 0 Å². The van der Waals surface area contributed by atoms with E-state index in [0.717, 1.165) is 25.7 Å². The number of hydrogen-bond donors (Lipinski definition) is 0. The molecule has 0 aromatic rings. The molecule has 0 radical (unpaired) electrons. The minimum atomic E-state index is -0.937. The van der Waals surface area contributed by atoms with Gasteiger partial charge >= 0.3 is 29.6 Å². The molecule has 0 N–H and O–H groups in total. The zero-order valence-corrected chi connectivity index (χ0v) is 10.7. The van der Waals surface area contributed by atoms with Crippen molar-refractivity contribution in [2.75, 3.05) is 0 Å². The number of aliphatic carboxylic acids is 1. The van der Waals surface area contributed by atoms with Crippen LogP contribution in [0.5, 0.6) is 0 Å². The maximum Gasteiger partial charge on any atom is 1.00 e. The van der Waals surface area contributed by atoms with Gasteiger partial charge in [0.1, 0.15) is 0 Å². The summed E-state index contributed by atoms with van der Waals surface area (Å²) < 4.78 is 0. The van der Waals surface area contributed by atoms with Crippen molar-refractivity contribution in [3.8, 4) is 0 Å². The maximum atomic E-state index is 10.0. The molecule has 0 unspecified atom stereocenters. The second-order valence-corrected chi connectivity index (χ2v) is 2.88. The first-order valence-electron chi connectivity index (χ1n) is 4.62. The Hall–Kier alpha value is 0.210. The van der Waals surface area contributed by atoms with E-state index in [1.54, 1.807) is 0 Å². The number of unbranched alkanes of at least 4 members (excludes halogenated alkanes) is 3. The Morgan fingerprint density at radius 2 is 1.85 bits per heavy atom. The fourth-order valence-corrected chi connectivity index (χ4v) is 0.934. The van der Waals surface area contributed by atoms with Crippen molar-refractivity contribution in [1.29, 1.82) is 0 Å². The summed E-state index contributed by atoms with van der Waals surface area (Å²) in [6.45, 7) is 2.14. The third-order valence-electron chi connectivity index (χ3n) is 1.62. The van der Waals surface area contributed by atoms with E-state index >= 15 is 0 Å². The first-order chi connectivity index (χ1) is 5.77. The Labute approximate surface area is 103 Å². The first kappa shape index (κ1) is 15.7. The van der Waals surface area contributed by atoms with Gasteiger partial charge in [0.25, 0.3) is 0 Å². The van der Waals surface area contributed by atoms with Crippen molar-refractivity contribution in [3.05, 3.63) is 12.2 Å². The van der Waals surface area contributed by atoms with Crippen LogP contribution in [0.1, 0.15) is 45.4 Å². The van der Waals surface area contributed by atoms with Crippen LogP contribution in [-0.4, -0.2) is 5.97 Å². The number of carbonyl (C=O) groups excluding carboxylic acids is 1. The number of carbonyl (C=O) groups is 1. The molecule has 0 atom stereocenters. The molecule has 0 rings (SSSR count). The summed E-state index contributed by atoms with van der Waals surface area (Å²) in [5.74, 6) is -0.937. The first-order valence-corrected chi connectivity index (χ1v) is 4.62. The number of allylic oxidation sites excluding steroid dienone is 2. The average molecular weight is 192 g/mol. The summed E-state index contributed by atoms with van der Waals surface area (Å²) in [5, 5.41) is 10.0. The molecule has 0 saturated heterocycles. The Kier molecular flexibility index (Phi) is 14.7. The number of hydrogen-bond acceptors (Lipinski definition) is 2. The fraction of sp³-hybridized carbons (Fsp3) is 0.700. The van der Waals surface area contributed by atoms with Gasteiger partial charge in [0.15, 0.2) is 0 Å². The molecule has 0 aromatic heterocycles. The van der Waals surface area contributed by atoms with Crippen molar-refractivity contribution in [3.63, 3.8) is 0 Å². The van der Waals surface area contributed by atoms with E-state index < -0.39 is 5.97 Å². The van der Waals surface area contributed by atoms with Gasteiger partial charge in [0.05, 0.1) is 0 Å². The topological polar surface area (TPSA) is 40.1 Å². The summed E-state index contributed by atoms with van der Waals surface area (Å²) in [6.07, 6.45) is 9.45. The smallest absolute Gasteiger partial charge is 0.550 e. The van der Waals surface area contributed by atoms with Crippen LogP contribution < -0.4 is 34.7 Å². The van der Waals surface area contributed by atoms with Crippen molar-refractivity contribution in [1.82, 2.24) is 0 Å². The minimum Gasteiger partial charge on any atom is -0.550 e. The van der Waals surface area contributed by atoms with Gasteiger partial charge in [-0.1, -0.05) is 25.5 Å². The van der Waals surface area contributed by atoms with Gasteiger partial charge in [-0.15, -0.1) is 0 Å². The van der Waals surface area contributed by atoms with Crippen molar-refractivity contribution < 1.29 is 39.5 Å². The Morgan fingerprint density at radius 3 is 2.38 bits per heavy atom. The SMILES string of the molecule is CCCC=CCCCCC(=O)[O-].[Na+]. The van der Waals surface area contributed by atoms with E-state index in [2.05, 4.69) is 19.1 Å². The van der Waals surface area contributed by atoms with E-state index in [1.807, 2.05) is 0 Å². The Morgan fingerprint density at radius 1 is 1.23 bits per heavy atom. The van der Waals surface area contributed by atoms with Crippen LogP contribution in [0.4, 0.5) is 0 Å². The van der Waals surface area contributed by atoms with Gasteiger partial charge in [-0.3, -0.25) is 0 Å². The second kappa shape index (κ2) is 12.2. The van der Waals surface area contributed by atoms with Crippen molar-refractivity contribution >= 4 is 5.97 Å². The van der Waals surface area contributed by atoms with Gasteiger partial charge in [-0.2, -0.15) is 0 Å². The Bertz CT molecular complexity index is 144. The van der Waals surface area contributed by atoms with Crippen LogP contribution in [-0.2, 0) is 4.79 Å². The quantitative estimate of drug-likeness (QED) is 0.284. The normalized spacial score (nSPS) is 9.92. The van der Waals surface area contributed by atoms with E-state index in [1.165, 1.54) is 6.42 Å². The minimum absolute atomic E-state index is 0. The molecule has 0 fully saturated rings. The van der Waals surface area contributed by atoms with E-state index in [0.29, 0.717) is 0 Å². The number of carboxylic acid groups (broad SMARTS) is 1. The third kappa shape index (κ3) is 15.0. The van der Waals surface area contributed by atoms with Gasteiger partial charge < -0.3 is 9.90 Å². The molecule has 0 bridgehead atoms. The van der Waals surface area contributed by atoms with Crippen LogP contribution in [0, 0.1) is 0 Å².